The van der Waals surface area contributed by atoms with E-state index < -0.39 is 0 Å². The van der Waals surface area contributed by atoms with Crippen LogP contribution in [0.25, 0.3) is 0 Å². The van der Waals surface area contributed by atoms with Crippen LogP contribution in [0.15, 0.2) is 18.2 Å². The van der Waals surface area contributed by atoms with E-state index in [1.165, 1.54) is 38.5 Å². The van der Waals surface area contributed by atoms with Crippen molar-refractivity contribution in [3.63, 3.8) is 0 Å². The fourth-order valence-corrected chi connectivity index (χ4v) is 5.53. The van der Waals surface area contributed by atoms with E-state index in [9.17, 15) is 4.39 Å². The van der Waals surface area contributed by atoms with Gasteiger partial charge in [-0.2, -0.15) is 0 Å². The molecule has 0 saturated heterocycles. The number of anilines is 1. The Bertz CT molecular complexity index is 563. The lowest BCUT2D eigenvalue weighted by Gasteiger charge is -2.57. The third kappa shape index (κ3) is 2.33. The Morgan fingerprint density at radius 3 is 2.19 bits per heavy atom. The van der Waals surface area contributed by atoms with Crippen LogP contribution in [0.5, 0.6) is 0 Å². The molecule has 4 fully saturated rings. The molecule has 21 heavy (non-hydrogen) atoms. The van der Waals surface area contributed by atoms with Crippen LogP contribution in [0.4, 0.5) is 10.1 Å². The van der Waals surface area contributed by atoms with Crippen LogP contribution < -0.4 is 11.1 Å². The smallest absolute Gasteiger partial charge is 0.135 e. The maximum atomic E-state index is 14.1. The molecule has 0 radical (unpaired) electrons. The highest BCUT2D eigenvalue weighted by Gasteiger charge is 2.50. The van der Waals surface area contributed by atoms with Crippen LogP contribution >= 0.6 is 12.2 Å². The molecule has 0 aliphatic heterocycles. The van der Waals surface area contributed by atoms with Gasteiger partial charge in [0.2, 0.25) is 0 Å². The standard InChI is InChI=1S/C17H21FN2S/c18-15-6-13(1-2-14(15)16(19)21)20-17-7-10-3-11(8-17)5-12(4-10)9-17/h1-2,6,10-12,20H,3-5,7-9H2,(H2,19,21). The second kappa shape index (κ2) is 4.67. The van der Waals surface area contributed by atoms with Gasteiger partial charge < -0.3 is 11.1 Å². The topological polar surface area (TPSA) is 38.0 Å². The quantitative estimate of drug-likeness (QED) is 0.833. The zero-order valence-corrected chi connectivity index (χ0v) is 12.9. The summed E-state index contributed by atoms with van der Waals surface area (Å²) in [7, 11) is 0. The molecule has 4 aliphatic carbocycles. The van der Waals surface area contributed by atoms with E-state index in [0.29, 0.717) is 5.56 Å². The summed E-state index contributed by atoms with van der Waals surface area (Å²) in [5, 5.41) is 3.67. The number of thiocarbonyl (C=S) groups is 1. The van der Waals surface area contributed by atoms with E-state index in [-0.39, 0.29) is 16.3 Å². The first kappa shape index (κ1) is 13.5. The van der Waals surface area contributed by atoms with Crippen molar-refractivity contribution in [1.29, 1.82) is 0 Å². The highest BCUT2D eigenvalue weighted by molar-refractivity contribution is 7.80. The van der Waals surface area contributed by atoms with Gasteiger partial charge in [0.15, 0.2) is 0 Å². The molecule has 112 valence electrons. The van der Waals surface area contributed by atoms with E-state index in [4.69, 9.17) is 18.0 Å². The summed E-state index contributed by atoms with van der Waals surface area (Å²) in [6.45, 7) is 0. The monoisotopic (exact) mass is 304 g/mol. The Morgan fingerprint density at radius 2 is 1.71 bits per heavy atom. The Hall–Kier alpha value is -1.16. The molecule has 5 rings (SSSR count). The Kier molecular flexibility index (Phi) is 3.00. The Morgan fingerprint density at radius 1 is 1.14 bits per heavy atom. The molecule has 3 N–H and O–H groups in total. The normalized spacial score (nSPS) is 36.7. The number of benzene rings is 1. The molecule has 4 heteroatoms. The average Bonchev–Trinajstić information content (AvgIpc) is 2.35. The lowest BCUT2D eigenvalue weighted by Crippen LogP contribution is -2.54. The Balaban J connectivity index is 1.58. The maximum absolute atomic E-state index is 14.1. The number of nitrogens with one attached hydrogen (secondary N) is 1. The van der Waals surface area contributed by atoms with E-state index >= 15 is 0 Å². The van der Waals surface area contributed by atoms with E-state index in [1.54, 1.807) is 12.1 Å². The molecule has 0 aromatic heterocycles. The second-order valence-electron chi connectivity index (χ2n) is 7.38. The Labute approximate surface area is 130 Å². The average molecular weight is 304 g/mol. The fourth-order valence-electron chi connectivity index (χ4n) is 5.36. The summed E-state index contributed by atoms with van der Waals surface area (Å²) in [5.74, 6) is 2.32. The van der Waals surface area contributed by atoms with E-state index in [1.807, 2.05) is 6.07 Å². The largest absolute Gasteiger partial charge is 0.389 e. The van der Waals surface area contributed by atoms with Crippen LogP contribution in [0.1, 0.15) is 44.1 Å². The molecule has 4 bridgehead atoms. The predicted molar refractivity (Wildman–Crippen MR) is 86.8 cm³/mol. The van der Waals surface area contributed by atoms with Crippen LogP contribution in [0.2, 0.25) is 0 Å². The van der Waals surface area contributed by atoms with Gasteiger partial charge in [-0.15, -0.1) is 0 Å². The van der Waals surface area contributed by atoms with Crippen molar-refractivity contribution in [2.45, 2.75) is 44.1 Å². The first-order chi connectivity index (χ1) is 10.0. The number of rotatable bonds is 3. The van der Waals surface area contributed by atoms with Crippen LogP contribution in [0.3, 0.4) is 0 Å². The molecule has 1 aromatic carbocycles. The molecule has 4 aliphatic rings. The van der Waals surface area contributed by atoms with Crippen molar-refractivity contribution >= 4 is 22.9 Å². The SMILES string of the molecule is NC(=S)c1ccc(NC23CC4CC(CC(C4)C2)C3)cc1F. The van der Waals surface area contributed by atoms with Gasteiger partial charge in [-0.05, 0) is 74.5 Å². The van der Waals surface area contributed by atoms with E-state index in [2.05, 4.69) is 5.32 Å². The minimum Gasteiger partial charge on any atom is -0.389 e. The summed E-state index contributed by atoms with van der Waals surface area (Å²) < 4.78 is 14.1. The van der Waals surface area contributed by atoms with Gasteiger partial charge in [0, 0.05) is 16.8 Å². The van der Waals surface area contributed by atoms with Crippen LogP contribution in [-0.2, 0) is 0 Å². The van der Waals surface area contributed by atoms with Gasteiger partial charge in [0.25, 0.3) is 0 Å². The highest BCUT2D eigenvalue weighted by Crippen LogP contribution is 2.56. The third-order valence-electron chi connectivity index (χ3n) is 5.68. The highest BCUT2D eigenvalue weighted by atomic mass is 32.1. The molecular weight excluding hydrogens is 283 g/mol. The molecule has 1 aromatic rings. The van der Waals surface area contributed by atoms with Crippen molar-refractivity contribution in [3.8, 4) is 0 Å². The summed E-state index contributed by atoms with van der Waals surface area (Å²) in [4.78, 5) is 0.119. The molecule has 0 spiro atoms. The number of hydrogen-bond donors (Lipinski definition) is 2. The first-order valence-electron chi connectivity index (χ1n) is 7.90. The zero-order valence-electron chi connectivity index (χ0n) is 12.1. The maximum Gasteiger partial charge on any atom is 0.135 e. The predicted octanol–water partition coefficient (Wildman–Crippen LogP) is 3.84. The van der Waals surface area contributed by atoms with Gasteiger partial charge >= 0.3 is 0 Å². The fraction of sp³-hybridized carbons (Fsp3) is 0.588. The molecule has 0 heterocycles. The molecule has 0 amide bonds. The van der Waals surface area contributed by atoms with Crippen molar-refractivity contribution in [2.75, 3.05) is 5.32 Å². The molecule has 2 nitrogen and oxygen atoms in total. The number of hydrogen-bond acceptors (Lipinski definition) is 2. The summed E-state index contributed by atoms with van der Waals surface area (Å²) in [6, 6.07) is 5.16. The van der Waals surface area contributed by atoms with Gasteiger partial charge in [-0.25, -0.2) is 4.39 Å². The summed E-state index contributed by atoms with van der Waals surface area (Å²) in [6.07, 6.45) is 7.98. The van der Waals surface area contributed by atoms with E-state index in [0.717, 1.165) is 23.4 Å². The van der Waals surface area contributed by atoms with Crippen LogP contribution in [0, 0.1) is 23.6 Å². The minimum absolute atomic E-state index is 0.119. The zero-order chi connectivity index (χ0) is 14.6. The summed E-state index contributed by atoms with van der Waals surface area (Å²) in [5.41, 5.74) is 6.93. The van der Waals surface area contributed by atoms with Crippen molar-refractivity contribution in [2.24, 2.45) is 23.5 Å². The molecule has 0 unspecified atom stereocenters. The molecule has 0 atom stereocenters. The lowest BCUT2D eigenvalue weighted by molar-refractivity contribution is 0.0107. The van der Waals surface area contributed by atoms with Crippen LogP contribution in [-0.4, -0.2) is 10.5 Å². The first-order valence-corrected chi connectivity index (χ1v) is 8.31. The van der Waals surface area contributed by atoms with Gasteiger partial charge in [0.05, 0.1) is 0 Å². The van der Waals surface area contributed by atoms with Gasteiger partial charge in [-0.3, -0.25) is 0 Å². The minimum atomic E-state index is -0.322. The summed E-state index contributed by atoms with van der Waals surface area (Å²) >= 11 is 4.86. The molecular formula is C17H21FN2S. The molecule has 4 saturated carbocycles. The third-order valence-corrected chi connectivity index (χ3v) is 5.90. The van der Waals surface area contributed by atoms with Gasteiger partial charge in [0.1, 0.15) is 10.8 Å². The second-order valence-corrected chi connectivity index (χ2v) is 7.82. The number of nitrogens with two attached hydrogens (primary N) is 1. The van der Waals surface area contributed by atoms with Crippen molar-refractivity contribution in [1.82, 2.24) is 0 Å². The number of halogens is 1. The van der Waals surface area contributed by atoms with Gasteiger partial charge in [-0.1, -0.05) is 12.2 Å². The van der Waals surface area contributed by atoms with Crippen molar-refractivity contribution in [3.05, 3.63) is 29.6 Å². The van der Waals surface area contributed by atoms with Crippen molar-refractivity contribution < 1.29 is 4.39 Å². The lowest BCUT2D eigenvalue weighted by atomic mass is 9.53.